The van der Waals surface area contributed by atoms with Gasteiger partial charge in [-0.2, -0.15) is 0 Å². The van der Waals surface area contributed by atoms with Crippen LogP contribution in [0.25, 0.3) is 0 Å². The van der Waals surface area contributed by atoms with Gasteiger partial charge in [0.15, 0.2) is 0 Å². The average molecular weight is 292 g/mol. The van der Waals surface area contributed by atoms with Crippen LogP contribution in [0, 0.1) is 0 Å². The fraction of sp³-hybridized carbons (Fsp3) is 0.214. The number of hydrogen-bond donors (Lipinski definition) is 1. The van der Waals surface area contributed by atoms with Crippen molar-refractivity contribution in [2.24, 2.45) is 0 Å². The van der Waals surface area contributed by atoms with Gasteiger partial charge in [-0.25, -0.2) is 9.97 Å². The van der Waals surface area contributed by atoms with Gasteiger partial charge in [-0.05, 0) is 11.1 Å². The first-order chi connectivity index (χ1) is 9.69. The molecule has 0 atom stereocenters. The number of nitrogens with zero attached hydrogens (tertiary/aromatic N) is 2. The zero-order valence-electron chi connectivity index (χ0n) is 11.0. The first-order valence-electron chi connectivity index (χ1n) is 6.01. The molecule has 0 saturated carbocycles. The number of rotatable bonds is 5. The summed E-state index contributed by atoms with van der Waals surface area (Å²) in [4.78, 5) is 19.6. The molecular formula is C14H14ClN3O2. The van der Waals surface area contributed by atoms with Gasteiger partial charge in [-0.3, -0.25) is 4.79 Å². The van der Waals surface area contributed by atoms with Gasteiger partial charge in [0.1, 0.15) is 10.8 Å². The molecule has 0 unspecified atom stereocenters. The number of carbonyl (C=O) groups excluding carboxylic acids is 1. The van der Waals surface area contributed by atoms with Gasteiger partial charge in [0.25, 0.3) is 5.91 Å². The molecule has 1 aromatic heterocycles. The van der Waals surface area contributed by atoms with E-state index in [2.05, 4.69) is 15.3 Å². The molecule has 1 amide bonds. The van der Waals surface area contributed by atoms with Crippen LogP contribution in [-0.4, -0.2) is 23.0 Å². The van der Waals surface area contributed by atoms with Crippen LogP contribution in [0.5, 0.6) is 0 Å². The van der Waals surface area contributed by atoms with Crippen molar-refractivity contribution in [1.29, 1.82) is 0 Å². The van der Waals surface area contributed by atoms with Gasteiger partial charge in [-0.1, -0.05) is 35.9 Å². The summed E-state index contributed by atoms with van der Waals surface area (Å²) >= 11 is 5.62. The first-order valence-corrected chi connectivity index (χ1v) is 6.39. The maximum Gasteiger partial charge on any atom is 0.271 e. The molecule has 0 fully saturated rings. The zero-order valence-corrected chi connectivity index (χ0v) is 11.7. The Hall–Kier alpha value is -1.98. The van der Waals surface area contributed by atoms with Crippen LogP contribution < -0.4 is 5.32 Å². The number of benzene rings is 1. The zero-order chi connectivity index (χ0) is 14.4. The van der Waals surface area contributed by atoms with Crippen molar-refractivity contribution in [3.05, 3.63) is 58.6 Å². The second kappa shape index (κ2) is 6.98. The van der Waals surface area contributed by atoms with Crippen molar-refractivity contribution in [1.82, 2.24) is 15.3 Å². The van der Waals surface area contributed by atoms with Gasteiger partial charge in [0.05, 0.1) is 19.0 Å². The summed E-state index contributed by atoms with van der Waals surface area (Å²) in [6, 6.07) is 7.82. The number of ether oxygens (including phenoxy) is 1. The Morgan fingerprint density at radius 3 is 2.80 bits per heavy atom. The Kier molecular flexibility index (Phi) is 5.03. The topological polar surface area (TPSA) is 64.1 Å². The quantitative estimate of drug-likeness (QED) is 0.917. The molecule has 2 aromatic rings. The van der Waals surface area contributed by atoms with E-state index in [1.165, 1.54) is 12.4 Å². The van der Waals surface area contributed by atoms with Crippen molar-refractivity contribution >= 4 is 17.5 Å². The van der Waals surface area contributed by atoms with Gasteiger partial charge in [0.2, 0.25) is 0 Å². The highest BCUT2D eigenvalue weighted by atomic mass is 35.5. The minimum absolute atomic E-state index is 0.238. The van der Waals surface area contributed by atoms with Crippen LogP contribution in [0.2, 0.25) is 5.15 Å². The normalized spacial score (nSPS) is 10.3. The fourth-order valence-electron chi connectivity index (χ4n) is 1.70. The minimum Gasteiger partial charge on any atom is -0.380 e. The standard InChI is InChI=1S/C14H14ClN3O2/c1-20-9-11-4-2-3-10(5-11)6-18-14(19)12-7-17-13(15)8-16-12/h2-5,7-8H,6,9H2,1H3,(H,18,19). The van der Waals surface area contributed by atoms with E-state index in [0.29, 0.717) is 13.2 Å². The summed E-state index contributed by atoms with van der Waals surface area (Å²) in [6.45, 7) is 0.963. The summed E-state index contributed by atoms with van der Waals surface area (Å²) in [5.41, 5.74) is 2.29. The summed E-state index contributed by atoms with van der Waals surface area (Å²) in [5.74, 6) is -0.286. The molecule has 5 nitrogen and oxygen atoms in total. The van der Waals surface area contributed by atoms with Gasteiger partial charge < -0.3 is 10.1 Å². The molecule has 104 valence electrons. The predicted octanol–water partition coefficient (Wildman–Crippen LogP) is 2.21. The second-order valence-electron chi connectivity index (χ2n) is 4.16. The third-order valence-corrected chi connectivity index (χ3v) is 2.80. The number of nitrogens with one attached hydrogen (secondary N) is 1. The molecule has 0 saturated heterocycles. The maximum absolute atomic E-state index is 11.9. The molecule has 20 heavy (non-hydrogen) atoms. The van der Waals surface area contributed by atoms with Gasteiger partial charge >= 0.3 is 0 Å². The van der Waals surface area contributed by atoms with E-state index >= 15 is 0 Å². The number of halogens is 1. The summed E-state index contributed by atoms with van der Waals surface area (Å²) in [7, 11) is 1.65. The summed E-state index contributed by atoms with van der Waals surface area (Å²) < 4.78 is 5.07. The fourth-order valence-corrected chi connectivity index (χ4v) is 1.80. The third kappa shape index (κ3) is 4.01. The summed E-state index contributed by atoms with van der Waals surface area (Å²) in [6.07, 6.45) is 2.69. The van der Waals surface area contributed by atoms with E-state index in [9.17, 15) is 4.79 Å². The Morgan fingerprint density at radius 1 is 1.30 bits per heavy atom. The van der Waals surface area contributed by atoms with E-state index in [0.717, 1.165) is 11.1 Å². The van der Waals surface area contributed by atoms with Crippen LogP contribution in [0.3, 0.4) is 0 Å². The number of methoxy groups -OCH3 is 1. The van der Waals surface area contributed by atoms with Gasteiger partial charge in [0, 0.05) is 13.7 Å². The van der Waals surface area contributed by atoms with E-state index in [1.807, 2.05) is 24.3 Å². The van der Waals surface area contributed by atoms with E-state index in [1.54, 1.807) is 7.11 Å². The molecule has 0 spiro atoms. The van der Waals surface area contributed by atoms with Crippen molar-refractivity contribution in [3.63, 3.8) is 0 Å². The molecule has 0 aliphatic rings. The van der Waals surface area contributed by atoms with Crippen molar-refractivity contribution in [3.8, 4) is 0 Å². The molecule has 2 rings (SSSR count). The molecule has 0 aliphatic carbocycles. The SMILES string of the molecule is COCc1cccc(CNC(=O)c2cnc(Cl)cn2)c1. The third-order valence-electron chi connectivity index (χ3n) is 2.61. The van der Waals surface area contributed by atoms with Crippen LogP contribution in [0.1, 0.15) is 21.6 Å². The Morgan fingerprint density at radius 2 is 2.10 bits per heavy atom. The lowest BCUT2D eigenvalue weighted by molar-refractivity contribution is 0.0945. The van der Waals surface area contributed by atoms with E-state index < -0.39 is 0 Å². The monoisotopic (exact) mass is 291 g/mol. The lowest BCUT2D eigenvalue weighted by Gasteiger charge is -2.06. The average Bonchev–Trinajstić information content (AvgIpc) is 2.46. The minimum atomic E-state index is -0.286. The highest BCUT2D eigenvalue weighted by Gasteiger charge is 2.07. The molecule has 6 heteroatoms. The Balaban J connectivity index is 1.96. The van der Waals surface area contributed by atoms with E-state index in [4.69, 9.17) is 16.3 Å². The van der Waals surface area contributed by atoms with Gasteiger partial charge in [-0.15, -0.1) is 0 Å². The molecule has 0 radical (unpaired) electrons. The molecule has 0 aliphatic heterocycles. The molecule has 1 N–H and O–H groups in total. The summed E-state index contributed by atoms with van der Waals surface area (Å²) in [5, 5.41) is 3.04. The van der Waals surface area contributed by atoms with Crippen molar-refractivity contribution in [2.75, 3.05) is 7.11 Å². The molecule has 1 aromatic carbocycles. The maximum atomic E-state index is 11.9. The Labute approximate surface area is 122 Å². The Bertz CT molecular complexity index is 587. The lowest BCUT2D eigenvalue weighted by Crippen LogP contribution is -2.24. The van der Waals surface area contributed by atoms with E-state index in [-0.39, 0.29) is 16.8 Å². The van der Waals surface area contributed by atoms with Crippen LogP contribution in [-0.2, 0) is 17.9 Å². The van der Waals surface area contributed by atoms with Crippen molar-refractivity contribution in [2.45, 2.75) is 13.2 Å². The highest BCUT2D eigenvalue weighted by Crippen LogP contribution is 2.07. The second-order valence-corrected chi connectivity index (χ2v) is 4.55. The molecule has 0 bridgehead atoms. The molecular weight excluding hydrogens is 278 g/mol. The number of aromatic nitrogens is 2. The highest BCUT2D eigenvalue weighted by molar-refractivity contribution is 6.29. The van der Waals surface area contributed by atoms with Crippen LogP contribution >= 0.6 is 11.6 Å². The van der Waals surface area contributed by atoms with Crippen molar-refractivity contribution < 1.29 is 9.53 Å². The molecule has 1 heterocycles. The lowest BCUT2D eigenvalue weighted by atomic mass is 10.1. The van der Waals surface area contributed by atoms with Crippen LogP contribution in [0.4, 0.5) is 0 Å². The largest absolute Gasteiger partial charge is 0.380 e. The number of carbonyl (C=O) groups is 1. The van der Waals surface area contributed by atoms with Crippen LogP contribution in [0.15, 0.2) is 36.7 Å². The number of hydrogen-bond acceptors (Lipinski definition) is 4. The smallest absolute Gasteiger partial charge is 0.271 e. The number of amides is 1. The first kappa shape index (κ1) is 14.4. The predicted molar refractivity (Wildman–Crippen MR) is 75.4 cm³/mol.